The van der Waals surface area contributed by atoms with E-state index in [9.17, 15) is 20.1 Å². The molecule has 29 heavy (non-hydrogen) atoms. The maximum atomic E-state index is 12.8. The summed E-state index contributed by atoms with van der Waals surface area (Å²) in [6.07, 6.45) is 4.16. The highest BCUT2D eigenvalue weighted by Crippen LogP contribution is 2.44. The molecule has 3 aliphatic rings. The van der Waals surface area contributed by atoms with Gasteiger partial charge in [-0.3, -0.25) is 4.79 Å². The molecule has 0 bridgehead atoms. The number of hydrogen-bond acceptors (Lipinski definition) is 6. The lowest BCUT2D eigenvalue weighted by Gasteiger charge is -2.41. The van der Waals surface area contributed by atoms with Crippen molar-refractivity contribution in [1.82, 2.24) is 0 Å². The summed E-state index contributed by atoms with van der Waals surface area (Å²) in [5, 5.41) is 29.7. The highest BCUT2D eigenvalue weighted by molar-refractivity contribution is 5.93. The van der Waals surface area contributed by atoms with Gasteiger partial charge in [-0.15, -0.1) is 0 Å². The molecule has 156 valence electrons. The van der Waals surface area contributed by atoms with E-state index in [1.54, 1.807) is 0 Å². The first-order valence-corrected chi connectivity index (χ1v) is 10.2. The van der Waals surface area contributed by atoms with Gasteiger partial charge in [0.2, 0.25) is 5.78 Å². The summed E-state index contributed by atoms with van der Waals surface area (Å²) < 4.78 is 11.4. The molecule has 5 atom stereocenters. The topological polar surface area (TPSA) is 96.2 Å². The number of fused-ring (bicyclic) bond motifs is 2. The summed E-state index contributed by atoms with van der Waals surface area (Å²) in [6.45, 7) is 4.08. The smallest absolute Gasteiger partial charge is 0.260 e. The number of hydrogen-bond donors (Lipinski definition) is 3. The second kappa shape index (κ2) is 7.78. The van der Waals surface area contributed by atoms with Crippen LogP contribution in [0.4, 0.5) is 0 Å². The maximum absolute atomic E-state index is 12.8. The van der Waals surface area contributed by atoms with Crippen LogP contribution in [0.5, 0.6) is 0 Å². The minimum absolute atomic E-state index is 0.168. The fourth-order valence-electron chi connectivity index (χ4n) is 4.31. The van der Waals surface area contributed by atoms with Crippen molar-refractivity contribution in [1.29, 1.82) is 0 Å². The number of rotatable bonds is 4. The van der Waals surface area contributed by atoms with Gasteiger partial charge in [0.15, 0.2) is 0 Å². The second-order valence-electron chi connectivity index (χ2n) is 8.49. The zero-order chi connectivity index (χ0) is 20.8. The number of ether oxygens (including phenoxy) is 2. The van der Waals surface area contributed by atoms with Gasteiger partial charge in [0.25, 0.3) is 5.79 Å². The summed E-state index contributed by atoms with van der Waals surface area (Å²) in [7, 11) is 0. The van der Waals surface area contributed by atoms with Crippen molar-refractivity contribution in [2.24, 2.45) is 11.8 Å². The summed E-state index contributed by atoms with van der Waals surface area (Å²) >= 11 is 0. The number of allylic oxidation sites excluding steroid dienone is 4. The van der Waals surface area contributed by atoms with Crippen molar-refractivity contribution in [3.05, 3.63) is 58.7 Å². The van der Waals surface area contributed by atoms with Crippen molar-refractivity contribution in [2.45, 2.75) is 57.4 Å². The Morgan fingerprint density at radius 2 is 2.07 bits per heavy atom. The predicted octanol–water partition coefficient (Wildman–Crippen LogP) is 1.75. The number of ketones is 1. The van der Waals surface area contributed by atoms with E-state index in [1.165, 1.54) is 5.57 Å². The lowest BCUT2D eigenvalue weighted by molar-refractivity contribution is -0.294. The molecule has 4 rings (SSSR count). The molecule has 1 spiro atoms. The number of carbonyl (C=O) groups excluding carboxylic acids is 1. The molecule has 0 amide bonds. The van der Waals surface area contributed by atoms with Gasteiger partial charge in [-0.1, -0.05) is 44.2 Å². The third-order valence-corrected chi connectivity index (χ3v) is 6.23. The molecular formula is C23H28O6. The molecule has 0 aromatic heterocycles. The molecule has 1 fully saturated rings. The van der Waals surface area contributed by atoms with Crippen LogP contribution in [-0.4, -0.2) is 46.0 Å². The molecule has 1 aromatic carbocycles. The van der Waals surface area contributed by atoms with E-state index in [0.29, 0.717) is 23.8 Å². The number of benzene rings is 1. The molecular weight excluding hydrogens is 372 g/mol. The minimum Gasteiger partial charge on any atom is -0.394 e. The highest BCUT2D eigenvalue weighted by atomic mass is 16.7. The Kier molecular flexibility index (Phi) is 5.48. The molecule has 1 aliphatic carbocycles. The van der Waals surface area contributed by atoms with Crippen molar-refractivity contribution < 1.29 is 29.6 Å². The van der Waals surface area contributed by atoms with Crippen LogP contribution in [0, 0.1) is 11.8 Å². The van der Waals surface area contributed by atoms with Crippen molar-refractivity contribution in [3.63, 3.8) is 0 Å². The number of Topliss-reactive ketones (excluding diaryl/α,β-unsaturated/α-hetero) is 1. The fraction of sp³-hybridized carbons (Fsp3) is 0.522. The summed E-state index contributed by atoms with van der Waals surface area (Å²) in [4.78, 5) is 12.8. The first-order chi connectivity index (χ1) is 13.9. The van der Waals surface area contributed by atoms with Crippen LogP contribution >= 0.6 is 0 Å². The normalized spacial score (nSPS) is 34.0. The summed E-state index contributed by atoms with van der Waals surface area (Å²) in [6, 6.07) is 5.79. The summed E-state index contributed by atoms with van der Waals surface area (Å²) in [5.74, 6) is -1.34. The Balaban J connectivity index is 1.61. The Bertz CT molecular complexity index is 857. The van der Waals surface area contributed by atoms with Crippen molar-refractivity contribution in [3.8, 4) is 0 Å². The van der Waals surface area contributed by atoms with Crippen LogP contribution in [0.25, 0.3) is 0 Å². The standard InChI is InChI=1S/C23H28O6/c1-13(2)16-6-3-14(4-7-16)9-15-5-8-17-12-28-23(18(17)10-15)22(27)21(26)20(25)19(11-24)29-23/h3-6,8,10,13,16,19-21,24-26H,7,9,11-12H2,1-2H3/t16?,19?,20-,21?,23+/m1/s1. The SMILES string of the molecule is CC(C)C1C=CC(Cc2ccc3c(c2)[C@]2(OC3)OC(CO)[C@@H](O)C(O)C2=O)=CC1. The second-order valence-corrected chi connectivity index (χ2v) is 8.49. The predicted molar refractivity (Wildman–Crippen MR) is 106 cm³/mol. The molecule has 2 heterocycles. The van der Waals surface area contributed by atoms with Gasteiger partial charge in [0.05, 0.1) is 13.2 Å². The van der Waals surface area contributed by atoms with Crippen molar-refractivity contribution >= 4 is 5.78 Å². The molecule has 0 radical (unpaired) electrons. The maximum Gasteiger partial charge on any atom is 0.260 e. The molecule has 1 aromatic rings. The first kappa shape index (κ1) is 20.4. The van der Waals surface area contributed by atoms with Gasteiger partial charge in [-0.25, -0.2) is 0 Å². The molecule has 3 unspecified atom stereocenters. The quantitative estimate of drug-likeness (QED) is 0.713. The number of aliphatic hydroxyl groups is 3. The van der Waals surface area contributed by atoms with Crippen LogP contribution < -0.4 is 0 Å². The lowest BCUT2D eigenvalue weighted by atomic mass is 9.85. The fourth-order valence-corrected chi connectivity index (χ4v) is 4.31. The zero-order valence-electron chi connectivity index (χ0n) is 16.7. The van der Waals surface area contributed by atoms with Gasteiger partial charge in [-0.2, -0.15) is 0 Å². The molecule has 3 N–H and O–H groups in total. The summed E-state index contributed by atoms with van der Waals surface area (Å²) in [5.41, 5.74) is 3.57. The Morgan fingerprint density at radius 1 is 1.28 bits per heavy atom. The third-order valence-electron chi connectivity index (χ3n) is 6.23. The van der Waals surface area contributed by atoms with E-state index >= 15 is 0 Å². The van der Waals surface area contributed by atoms with Crippen LogP contribution in [0.1, 0.15) is 37.0 Å². The Morgan fingerprint density at radius 3 is 2.72 bits per heavy atom. The van der Waals surface area contributed by atoms with Gasteiger partial charge in [0, 0.05) is 5.56 Å². The highest BCUT2D eigenvalue weighted by Gasteiger charge is 2.58. The lowest BCUT2D eigenvalue weighted by Crippen LogP contribution is -2.61. The largest absolute Gasteiger partial charge is 0.394 e. The van der Waals surface area contributed by atoms with E-state index < -0.39 is 36.5 Å². The number of aliphatic hydroxyl groups excluding tert-OH is 3. The first-order valence-electron chi connectivity index (χ1n) is 10.2. The van der Waals surface area contributed by atoms with E-state index in [-0.39, 0.29) is 6.61 Å². The number of carbonyl (C=O) groups is 1. The van der Waals surface area contributed by atoms with Crippen LogP contribution in [0.15, 0.2) is 42.0 Å². The zero-order valence-corrected chi connectivity index (χ0v) is 16.7. The van der Waals surface area contributed by atoms with E-state index in [0.717, 1.165) is 17.5 Å². The molecule has 2 aliphatic heterocycles. The van der Waals surface area contributed by atoms with Crippen LogP contribution in [-0.2, 0) is 33.1 Å². The molecule has 6 heteroatoms. The molecule has 6 nitrogen and oxygen atoms in total. The van der Waals surface area contributed by atoms with Gasteiger partial charge in [-0.05, 0) is 47.4 Å². The third kappa shape index (κ3) is 3.49. The van der Waals surface area contributed by atoms with E-state index in [2.05, 4.69) is 32.1 Å². The molecule has 0 saturated carbocycles. The Labute approximate surface area is 170 Å². The van der Waals surface area contributed by atoms with Gasteiger partial charge in [0.1, 0.15) is 18.3 Å². The van der Waals surface area contributed by atoms with Crippen LogP contribution in [0.3, 0.4) is 0 Å². The minimum atomic E-state index is -1.78. The average molecular weight is 400 g/mol. The Hall–Kier alpha value is -1.83. The van der Waals surface area contributed by atoms with Gasteiger partial charge < -0.3 is 24.8 Å². The average Bonchev–Trinajstić information content (AvgIpc) is 3.08. The van der Waals surface area contributed by atoms with Crippen molar-refractivity contribution in [2.75, 3.05) is 6.61 Å². The van der Waals surface area contributed by atoms with Gasteiger partial charge >= 0.3 is 0 Å². The van der Waals surface area contributed by atoms with E-state index in [1.807, 2.05) is 18.2 Å². The monoisotopic (exact) mass is 400 g/mol. The van der Waals surface area contributed by atoms with E-state index in [4.69, 9.17) is 9.47 Å². The molecule has 1 saturated heterocycles. The van der Waals surface area contributed by atoms with Crippen LogP contribution in [0.2, 0.25) is 0 Å².